The highest BCUT2D eigenvalue weighted by molar-refractivity contribution is 7.15. The van der Waals surface area contributed by atoms with E-state index < -0.39 is 0 Å². The lowest BCUT2D eigenvalue weighted by molar-refractivity contribution is 0.181. The first kappa shape index (κ1) is 17.4. The lowest BCUT2D eigenvalue weighted by Crippen LogP contribution is -2.26. The SMILES string of the molecule is CCN(CCOC)c1nc(COC)c(CNC(C)C)s1. The predicted octanol–water partition coefficient (Wildman–Crippen LogP) is 2.26. The van der Waals surface area contributed by atoms with E-state index >= 15 is 0 Å². The number of thiazole rings is 1. The van der Waals surface area contributed by atoms with Crippen LogP contribution in [0, 0.1) is 0 Å². The van der Waals surface area contributed by atoms with E-state index in [0.29, 0.717) is 19.3 Å². The fourth-order valence-corrected chi connectivity index (χ4v) is 2.88. The second-order valence-corrected chi connectivity index (χ2v) is 5.97. The number of hydrogen-bond donors (Lipinski definition) is 1. The molecule has 0 unspecified atom stereocenters. The summed E-state index contributed by atoms with van der Waals surface area (Å²) in [5.41, 5.74) is 1.04. The van der Waals surface area contributed by atoms with Crippen LogP contribution in [0.4, 0.5) is 5.13 Å². The van der Waals surface area contributed by atoms with Crippen molar-refractivity contribution in [3.05, 3.63) is 10.6 Å². The standard InChI is InChI=1S/C14H27N3O2S/c1-6-17(7-8-18-4)14-16-12(10-19-5)13(20-14)9-15-11(2)3/h11,15H,6-10H2,1-5H3. The van der Waals surface area contributed by atoms with Crippen LogP contribution in [0.25, 0.3) is 0 Å². The number of methoxy groups -OCH3 is 2. The van der Waals surface area contributed by atoms with Crippen molar-refractivity contribution >= 4 is 16.5 Å². The van der Waals surface area contributed by atoms with Crippen molar-refractivity contribution < 1.29 is 9.47 Å². The van der Waals surface area contributed by atoms with E-state index in [1.807, 2.05) is 0 Å². The van der Waals surface area contributed by atoms with Gasteiger partial charge in [0.05, 0.1) is 18.9 Å². The maximum atomic E-state index is 5.26. The molecule has 0 fully saturated rings. The smallest absolute Gasteiger partial charge is 0.185 e. The Kier molecular flexibility index (Phi) is 8.06. The van der Waals surface area contributed by atoms with E-state index in [-0.39, 0.29) is 0 Å². The predicted molar refractivity (Wildman–Crippen MR) is 84.6 cm³/mol. The number of nitrogens with one attached hydrogen (secondary N) is 1. The third-order valence-corrected chi connectivity index (χ3v) is 4.09. The molecule has 1 aromatic heterocycles. The zero-order chi connectivity index (χ0) is 15.0. The Balaban J connectivity index is 2.82. The molecule has 0 saturated carbocycles. The number of aromatic nitrogens is 1. The summed E-state index contributed by atoms with van der Waals surface area (Å²) in [6, 6.07) is 0.465. The summed E-state index contributed by atoms with van der Waals surface area (Å²) >= 11 is 1.74. The van der Waals surface area contributed by atoms with Gasteiger partial charge in [0.1, 0.15) is 0 Å². The van der Waals surface area contributed by atoms with Crippen LogP contribution >= 0.6 is 11.3 Å². The molecular weight excluding hydrogens is 274 g/mol. The monoisotopic (exact) mass is 301 g/mol. The van der Waals surface area contributed by atoms with Crippen LogP contribution < -0.4 is 10.2 Å². The van der Waals surface area contributed by atoms with Gasteiger partial charge in [-0.3, -0.25) is 0 Å². The van der Waals surface area contributed by atoms with Crippen molar-refractivity contribution in [2.45, 2.75) is 40.0 Å². The molecule has 1 heterocycles. The normalized spacial score (nSPS) is 11.3. The highest BCUT2D eigenvalue weighted by Crippen LogP contribution is 2.27. The van der Waals surface area contributed by atoms with Crippen molar-refractivity contribution in [3.8, 4) is 0 Å². The highest BCUT2D eigenvalue weighted by atomic mass is 32.1. The first-order valence-electron chi connectivity index (χ1n) is 7.07. The van der Waals surface area contributed by atoms with Crippen molar-refractivity contribution in [2.75, 3.05) is 38.8 Å². The Hall–Kier alpha value is -0.690. The first-order valence-corrected chi connectivity index (χ1v) is 7.88. The second kappa shape index (κ2) is 9.28. The molecule has 116 valence electrons. The number of anilines is 1. The van der Waals surface area contributed by atoms with Gasteiger partial charge in [0, 0.05) is 44.8 Å². The minimum absolute atomic E-state index is 0.465. The van der Waals surface area contributed by atoms with Crippen LogP contribution in [0.1, 0.15) is 31.3 Å². The van der Waals surface area contributed by atoms with Gasteiger partial charge in [-0.1, -0.05) is 13.8 Å². The van der Waals surface area contributed by atoms with E-state index in [4.69, 9.17) is 14.5 Å². The summed E-state index contributed by atoms with van der Waals surface area (Å²) in [4.78, 5) is 8.22. The summed E-state index contributed by atoms with van der Waals surface area (Å²) in [6.45, 7) is 10.4. The number of nitrogens with zero attached hydrogens (tertiary/aromatic N) is 2. The van der Waals surface area contributed by atoms with Gasteiger partial charge in [-0.2, -0.15) is 0 Å². The average Bonchev–Trinajstić information content (AvgIpc) is 2.81. The summed E-state index contributed by atoms with van der Waals surface area (Å²) in [7, 11) is 3.44. The maximum Gasteiger partial charge on any atom is 0.185 e. The van der Waals surface area contributed by atoms with Crippen LogP contribution in [0.5, 0.6) is 0 Å². The highest BCUT2D eigenvalue weighted by Gasteiger charge is 2.15. The zero-order valence-corrected chi connectivity index (χ0v) is 14.0. The number of hydrogen-bond acceptors (Lipinski definition) is 6. The third kappa shape index (κ3) is 5.36. The largest absolute Gasteiger partial charge is 0.383 e. The molecule has 0 spiro atoms. The topological polar surface area (TPSA) is 46.6 Å². The fourth-order valence-electron chi connectivity index (χ4n) is 1.78. The lowest BCUT2D eigenvalue weighted by Gasteiger charge is -2.18. The van der Waals surface area contributed by atoms with Crippen molar-refractivity contribution in [1.29, 1.82) is 0 Å². The quantitative estimate of drug-likeness (QED) is 0.718. The molecule has 5 nitrogen and oxygen atoms in total. The molecule has 0 radical (unpaired) electrons. The van der Waals surface area contributed by atoms with E-state index in [2.05, 4.69) is 31.0 Å². The molecule has 0 aliphatic rings. The van der Waals surface area contributed by atoms with Crippen LogP contribution in [0.15, 0.2) is 0 Å². The molecule has 1 rings (SSSR count). The molecule has 1 N–H and O–H groups in total. The zero-order valence-electron chi connectivity index (χ0n) is 13.2. The van der Waals surface area contributed by atoms with E-state index in [1.54, 1.807) is 25.6 Å². The Morgan fingerprint density at radius 1 is 1.30 bits per heavy atom. The van der Waals surface area contributed by atoms with Crippen molar-refractivity contribution in [2.24, 2.45) is 0 Å². The van der Waals surface area contributed by atoms with Gasteiger partial charge in [-0.25, -0.2) is 4.98 Å². The molecule has 0 bridgehead atoms. The number of rotatable bonds is 10. The Morgan fingerprint density at radius 2 is 2.05 bits per heavy atom. The van der Waals surface area contributed by atoms with E-state index in [9.17, 15) is 0 Å². The van der Waals surface area contributed by atoms with Gasteiger partial charge in [0.15, 0.2) is 5.13 Å². The molecule has 0 atom stereocenters. The van der Waals surface area contributed by atoms with Crippen LogP contribution in [0.2, 0.25) is 0 Å². The molecule has 0 amide bonds. The summed E-state index contributed by atoms with van der Waals surface area (Å²) in [5, 5.41) is 4.50. The first-order chi connectivity index (χ1) is 9.62. The molecule has 0 aliphatic carbocycles. The van der Waals surface area contributed by atoms with Gasteiger partial charge < -0.3 is 19.7 Å². The molecule has 6 heteroatoms. The molecule has 0 saturated heterocycles. The van der Waals surface area contributed by atoms with E-state index in [0.717, 1.165) is 30.5 Å². The van der Waals surface area contributed by atoms with Crippen molar-refractivity contribution in [3.63, 3.8) is 0 Å². The third-order valence-electron chi connectivity index (χ3n) is 2.94. The summed E-state index contributed by atoms with van der Waals surface area (Å²) in [6.07, 6.45) is 0. The lowest BCUT2D eigenvalue weighted by atomic mass is 10.3. The molecule has 0 aliphatic heterocycles. The van der Waals surface area contributed by atoms with Gasteiger partial charge in [0.25, 0.3) is 0 Å². The summed E-state index contributed by atoms with van der Waals surface area (Å²) < 4.78 is 10.4. The Morgan fingerprint density at radius 3 is 2.60 bits per heavy atom. The van der Waals surface area contributed by atoms with Crippen LogP contribution in [-0.2, 0) is 22.6 Å². The number of likely N-dealkylation sites (N-methyl/N-ethyl adjacent to an activating group) is 1. The second-order valence-electron chi connectivity index (χ2n) is 4.91. The Bertz CT molecular complexity index is 382. The minimum Gasteiger partial charge on any atom is -0.383 e. The molecule has 20 heavy (non-hydrogen) atoms. The molecule has 1 aromatic rings. The minimum atomic E-state index is 0.465. The average molecular weight is 301 g/mol. The number of ether oxygens (including phenoxy) is 2. The van der Waals surface area contributed by atoms with Gasteiger partial charge >= 0.3 is 0 Å². The fraction of sp³-hybridized carbons (Fsp3) is 0.786. The van der Waals surface area contributed by atoms with Gasteiger partial charge in [-0.15, -0.1) is 11.3 Å². The summed E-state index contributed by atoms with van der Waals surface area (Å²) in [5.74, 6) is 0. The Labute approximate surface area is 126 Å². The van der Waals surface area contributed by atoms with Gasteiger partial charge in [0.2, 0.25) is 0 Å². The van der Waals surface area contributed by atoms with Crippen LogP contribution in [0.3, 0.4) is 0 Å². The molecule has 0 aromatic carbocycles. The maximum absolute atomic E-state index is 5.26. The van der Waals surface area contributed by atoms with E-state index in [1.165, 1.54) is 4.88 Å². The van der Waals surface area contributed by atoms with Crippen LogP contribution in [-0.4, -0.2) is 44.9 Å². The molecular formula is C14H27N3O2S. The van der Waals surface area contributed by atoms with Gasteiger partial charge in [-0.05, 0) is 6.92 Å². The van der Waals surface area contributed by atoms with Crippen molar-refractivity contribution in [1.82, 2.24) is 10.3 Å².